The number of ether oxygens (including phenoxy) is 1. The molecule has 0 radical (unpaired) electrons. The highest BCUT2D eigenvalue weighted by Crippen LogP contribution is 2.23. The molecule has 5 nitrogen and oxygen atoms in total. The summed E-state index contributed by atoms with van der Waals surface area (Å²) in [5, 5.41) is 4.15. The first-order valence-corrected chi connectivity index (χ1v) is 6.42. The standard InChI is InChI=1S/C14H20N4O/c1-4-18-14(16-9-17-18)8-12(15)11-6-5-10(2)13(7-11)19-3/h5-7,9,12H,4,8,15H2,1-3H3. The third kappa shape index (κ3) is 2.93. The monoisotopic (exact) mass is 260 g/mol. The molecule has 0 spiro atoms. The van der Waals surface area contributed by atoms with Crippen LogP contribution in [0.4, 0.5) is 0 Å². The Hall–Kier alpha value is -1.88. The molecule has 5 heteroatoms. The first-order valence-electron chi connectivity index (χ1n) is 6.42. The van der Waals surface area contributed by atoms with E-state index in [2.05, 4.69) is 10.1 Å². The molecule has 1 aromatic heterocycles. The van der Waals surface area contributed by atoms with E-state index in [1.807, 2.05) is 36.7 Å². The molecule has 0 aliphatic rings. The van der Waals surface area contributed by atoms with Crippen molar-refractivity contribution < 1.29 is 4.74 Å². The van der Waals surface area contributed by atoms with Gasteiger partial charge >= 0.3 is 0 Å². The summed E-state index contributed by atoms with van der Waals surface area (Å²) in [6.45, 7) is 4.86. The average Bonchev–Trinajstić information content (AvgIpc) is 2.86. The van der Waals surface area contributed by atoms with E-state index in [1.54, 1.807) is 13.4 Å². The molecule has 1 unspecified atom stereocenters. The van der Waals surface area contributed by atoms with Gasteiger partial charge in [0.2, 0.25) is 0 Å². The van der Waals surface area contributed by atoms with Gasteiger partial charge in [0.15, 0.2) is 0 Å². The molecule has 0 saturated carbocycles. The number of nitrogens with zero attached hydrogens (tertiary/aromatic N) is 3. The van der Waals surface area contributed by atoms with Crippen molar-refractivity contribution in [3.63, 3.8) is 0 Å². The molecule has 2 rings (SSSR count). The number of hydrogen-bond donors (Lipinski definition) is 1. The summed E-state index contributed by atoms with van der Waals surface area (Å²) >= 11 is 0. The first kappa shape index (κ1) is 13.5. The SMILES string of the molecule is CCn1ncnc1CC(N)c1ccc(C)c(OC)c1. The maximum absolute atomic E-state index is 6.25. The van der Waals surface area contributed by atoms with Crippen LogP contribution in [0.1, 0.15) is 29.9 Å². The van der Waals surface area contributed by atoms with Gasteiger partial charge in [-0.3, -0.25) is 4.68 Å². The Kier molecular flexibility index (Phi) is 4.16. The Morgan fingerprint density at radius 2 is 2.21 bits per heavy atom. The molecule has 0 amide bonds. The molecule has 0 fully saturated rings. The van der Waals surface area contributed by atoms with Gasteiger partial charge in [-0.2, -0.15) is 5.10 Å². The number of methoxy groups -OCH3 is 1. The van der Waals surface area contributed by atoms with Crippen LogP contribution in [-0.2, 0) is 13.0 Å². The van der Waals surface area contributed by atoms with E-state index in [9.17, 15) is 0 Å². The van der Waals surface area contributed by atoms with Gasteiger partial charge in [0.1, 0.15) is 17.9 Å². The predicted molar refractivity (Wildman–Crippen MR) is 74.1 cm³/mol. The van der Waals surface area contributed by atoms with E-state index < -0.39 is 0 Å². The largest absolute Gasteiger partial charge is 0.496 e. The number of hydrogen-bond acceptors (Lipinski definition) is 4. The van der Waals surface area contributed by atoms with Crippen LogP contribution in [0.25, 0.3) is 0 Å². The van der Waals surface area contributed by atoms with Crippen molar-refractivity contribution in [3.05, 3.63) is 41.5 Å². The fraction of sp³-hybridized carbons (Fsp3) is 0.429. The molecule has 1 atom stereocenters. The highest BCUT2D eigenvalue weighted by molar-refractivity contribution is 5.37. The smallest absolute Gasteiger partial charge is 0.138 e. The molecular weight excluding hydrogens is 240 g/mol. The van der Waals surface area contributed by atoms with Crippen molar-refractivity contribution in [2.24, 2.45) is 5.73 Å². The Labute approximate surface area is 113 Å². The summed E-state index contributed by atoms with van der Waals surface area (Å²) in [5.74, 6) is 1.78. The zero-order chi connectivity index (χ0) is 13.8. The van der Waals surface area contributed by atoms with Crippen LogP contribution in [0.15, 0.2) is 24.5 Å². The topological polar surface area (TPSA) is 66.0 Å². The minimum absolute atomic E-state index is 0.107. The van der Waals surface area contributed by atoms with Crippen LogP contribution in [0.3, 0.4) is 0 Å². The third-order valence-electron chi connectivity index (χ3n) is 3.26. The summed E-state index contributed by atoms with van der Waals surface area (Å²) < 4.78 is 7.19. The number of benzene rings is 1. The van der Waals surface area contributed by atoms with Gasteiger partial charge in [0.25, 0.3) is 0 Å². The predicted octanol–water partition coefficient (Wildman–Crippen LogP) is 1.86. The molecule has 19 heavy (non-hydrogen) atoms. The van der Waals surface area contributed by atoms with E-state index >= 15 is 0 Å². The van der Waals surface area contributed by atoms with Crippen LogP contribution >= 0.6 is 0 Å². The Bertz CT molecular complexity index is 550. The maximum atomic E-state index is 6.25. The van der Waals surface area contributed by atoms with Gasteiger partial charge in [-0.25, -0.2) is 4.98 Å². The molecular formula is C14H20N4O. The van der Waals surface area contributed by atoms with Crippen LogP contribution in [0, 0.1) is 6.92 Å². The zero-order valence-electron chi connectivity index (χ0n) is 11.6. The Morgan fingerprint density at radius 3 is 2.89 bits per heavy atom. The van der Waals surface area contributed by atoms with E-state index in [4.69, 9.17) is 10.5 Å². The molecule has 0 aliphatic heterocycles. The zero-order valence-corrected chi connectivity index (χ0v) is 11.6. The summed E-state index contributed by atoms with van der Waals surface area (Å²) in [6.07, 6.45) is 2.24. The normalized spacial score (nSPS) is 12.4. The minimum atomic E-state index is -0.107. The minimum Gasteiger partial charge on any atom is -0.496 e. The van der Waals surface area contributed by atoms with Crippen LogP contribution in [0.5, 0.6) is 5.75 Å². The van der Waals surface area contributed by atoms with Crippen LogP contribution < -0.4 is 10.5 Å². The van der Waals surface area contributed by atoms with Crippen molar-refractivity contribution in [2.75, 3.05) is 7.11 Å². The maximum Gasteiger partial charge on any atom is 0.138 e. The highest BCUT2D eigenvalue weighted by atomic mass is 16.5. The first-order chi connectivity index (χ1) is 9.15. The number of aryl methyl sites for hydroxylation is 2. The van der Waals surface area contributed by atoms with Gasteiger partial charge in [0.05, 0.1) is 7.11 Å². The van der Waals surface area contributed by atoms with Gasteiger partial charge in [-0.1, -0.05) is 12.1 Å². The van der Waals surface area contributed by atoms with Gasteiger partial charge in [-0.05, 0) is 31.0 Å². The summed E-state index contributed by atoms with van der Waals surface area (Å²) in [5.41, 5.74) is 8.40. The van der Waals surface area contributed by atoms with E-state index in [1.165, 1.54) is 0 Å². The average molecular weight is 260 g/mol. The lowest BCUT2D eigenvalue weighted by Gasteiger charge is -2.14. The van der Waals surface area contributed by atoms with E-state index in [0.717, 1.165) is 29.2 Å². The van der Waals surface area contributed by atoms with E-state index in [-0.39, 0.29) is 6.04 Å². The van der Waals surface area contributed by atoms with Crippen molar-refractivity contribution in [2.45, 2.75) is 32.9 Å². The Balaban J connectivity index is 2.18. The van der Waals surface area contributed by atoms with Crippen molar-refractivity contribution in [1.82, 2.24) is 14.8 Å². The molecule has 2 aromatic rings. The quantitative estimate of drug-likeness (QED) is 0.891. The van der Waals surface area contributed by atoms with Gasteiger partial charge < -0.3 is 10.5 Å². The molecule has 2 N–H and O–H groups in total. The second-order valence-electron chi connectivity index (χ2n) is 4.53. The van der Waals surface area contributed by atoms with Crippen LogP contribution in [0.2, 0.25) is 0 Å². The molecule has 1 heterocycles. The number of nitrogens with two attached hydrogens (primary N) is 1. The fourth-order valence-corrected chi connectivity index (χ4v) is 2.09. The lowest BCUT2D eigenvalue weighted by molar-refractivity contribution is 0.410. The summed E-state index contributed by atoms with van der Waals surface area (Å²) in [6, 6.07) is 5.95. The van der Waals surface area contributed by atoms with Gasteiger partial charge in [-0.15, -0.1) is 0 Å². The third-order valence-corrected chi connectivity index (χ3v) is 3.26. The van der Waals surface area contributed by atoms with Crippen molar-refractivity contribution in [1.29, 1.82) is 0 Å². The van der Waals surface area contributed by atoms with Crippen molar-refractivity contribution >= 4 is 0 Å². The van der Waals surface area contributed by atoms with Crippen molar-refractivity contribution in [3.8, 4) is 5.75 Å². The highest BCUT2D eigenvalue weighted by Gasteiger charge is 2.13. The molecule has 0 aliphatic carbocycles. The lowest BCUT2D eigenvalue weighted by atomic mass is 10.0. The number of aromatic nitrogens is 3. The molecule has 0 bridgehead atoms. The molecule has 1 aromatic carbocycles. The summed E-state index contributed by atoms with van der Waals surface area (Å²) in [4.78, 5) is 4.25. The van der Waals surface area contributed by atoms with Gasteiger partial charge in [0, 0.05) is 19.0 Å². The fourth-order valence-electron chi connectivity index (χ4n) is 2.09. The second kappa shape index (κ2) is 5.84. The number of rotatable bonds is 5. The molecule has 102 valence electrons. The second-order valence-corrected chi connectivity index (χ2v) is 4.53. The lowest BCUT2D eigenvalue weighted by Crippen LogP contribution is -2.17. The van der Waals surface area contributed by atoms with E-state index in [0.29, 0.717) is 6.42 Å². The van der Waals surface area contributed by atoms with Crippen LogP contribution in [-0.4, -0.2) is 21.9 Å². The summed E-state index contributed by atoms with van der Waals surface area (Å²) in [7, 11) is 1.67. The Morgan fingerprint density at radius 1 is 1.42 bits per heavy atom. The molecule has 0 saturated heterocycles.